The third kappa shape index (κ3) is 3.79. The highest BCUT2D eigenvalue weighted by molar-refractivity contribution is 6.30. The standard InChI is InChI=1S/C16H17ClFN/c1-11-4-3-5-13(8-11)10-19-12(2)14-6-7-15(17)16(18)9-14/h3-9,12,19H,10H2,1-2H3. The molecule has 100 valence electrons. The zero-order valence-electron chi connectivity index (χ0n) is 11.1. The lowest BCUT2D eigenvalue weighted by atomic mass is 10.1. The molecule has 0 spiro atoms. The molecule has 0 amide bonds. The van der Waals surface area contributed by atoms with Gasteiger partial charge in [0.25, 0.3) is 0 Å². The average molecular weight is 278 g/mol. The van der Waals surface area contributed by atoms with Crippen LogP contribution in [0.4, 0.5) is 4.39 Å². The lowest BCUT2D eigenvalue weighted by Gasteiger charge is -2.15. The Morgan fingerprint density at radius 1 is 1.21 bits per heavy atom. The van der Waals surface area contributed by atoms with Crippen LogP contribution in [0.1, 0.15) is 29.7 Å². The van der Waals surface area contributed by atoms with Crippen LogP contribution in [0.2, 0.25) is 5.02 Å². The second-order valence-electron chi connectivity index (χ2n) is 4.77. The molecular weight excluding hydrogens is 261 g/mol. The highest BCUT2D eigenvalue weighted by Crippen LogP contribution is 2.20. The second-order valence-corrected chi connectivity index (χ2v) is 5.17. The minimum Gasteiger partial charge on any atom is -0.306 e. The topological polar surface area (TPSA) is 12.0 Å². The van der Waals surface area contributed by atoms with Gasteiger partial charge in [-0.1, -0.05) is 47.5 Å². The fourth-order valence-electron chi connectivity index (χ4n) is 1.99. The van der Waals surface area contributed by atoms with Gasteiger partial charge in [0.1, 0.15) is 5.82 Å². The molecule has 2 aromatic carbocycles. The van der Waals surface area contributed by atoms with Gasteiger partial charge >= 0.3 is 0 Å². The molecule has 0 aliphatic heterocycles. The molecule has 3 heteroatoms. The van der Waals surface area contributed by atoms with Crippen LogP contribution in [0.25, 0.3) is 0 Å². The minimum absolute atomic E-state index is 0.0762. The summed E-state index contributed by atoms with van der Waals surface area (Å²) in [7, 11) is 0. The molecule has 1 nitrogen and oxygen atoms in total. The molecule has 0 aliphatic carbocycles. The van der Waals surface area contributed by atoms with E-state index >= 15 is 0 Å². The molecule has 0 aromatic heterocycles. The summed E-state index contributed by atoms with van der Waals surface area (Å²) in [4.78, 5) is 0. The third-order valence-corrected chi connectivity index (χ3v) is 3.45. The summed E-state index contributed by atoms with van der Waals surface area (Å²) in [6.45, 7) is 4.84. The van der Waals surface area contributed by atoms with Gasteiger partial charge in [0.15, 0.2) is 0 Å². The fraction of sp³-hybridized carbons (Fsp3) is 0.250. The number of rotatable bonds is 4. The molecule has 0 radical (unpaired) electrons. The number of nitrogens with one attached hydrogen (secondary N) is 1. The van der Waals surface area contributed by atoms with Crippen molar-refractivity contribution in [3.8, 4) is 0 Å². The molecule has 2 rings (SSSR count). The van der Waals surface area contributed by atoms with E-state index in [9.17, 15) is 4.39 Å². The predicted molar refractivity (Wildman–Crippen MR) is 77.8 cm³/mol. The molecule has 0 aliphatic rings. The maximum absolute atomic E-state index is 13.4. The van der Waals surface area contributed by atoms with Gasteiger partial charge in [-0.2, -0.15) is 0 Å². The van der Waals surface area contributed by atoms with Crippen molar-refractivity contribution in [2.24, 2.45) is 0 Å². The largest absolute Gasteiger partial charge is 0.306 e. The van der Waals surface area contributed by atoms with Gasteiger partial charge in [-0.25, -0.2) is 4.39 Å². The van der Waals surface area contributed by atoms with Gasteiger partial charge in [0.05, 0.1) is 5.02 Å². The molecule has 1 atom stereocenters. The summed E-state index contributed by atoms with van der Waals surface area (Å²) < 4.78 is 13.4. The maximum Gasteiger partial charge on any atom is 0.142 e. The quantitative estimate of drug-likeness (QED) is 0.858. The average Bonchev–Trinajstić information content (AvgIpc) is 2.39. The molecule has 1 unspecified atom stereocenters. The molecule has 0 saturated carbocycles. The first-order chi connectivity index (χ1) is 9.06. The van der Waals surface area contributed by atoms with Crippen LogP contribution < -0.4 is 5.32 Å². The van der Waals surface area contributed by atoms with Gasteiger partial charge in [-0.15, -0.1) is 0 Å². The van der Waals surface area contributed by atoms with E-state index in [1.54, 1.807) is 6.07 Å². The first kappa shape index (κ1) is 14.0. The summed E-state index contributed by atoms with van der Waals surface area (Å²) in [6, 6.07) is 13.3. The van der Waals surface area contributed by atoms with E-state index in [-0.39, 0.29) is 16.9 Å². The Kier molecular flexibility index (Phi) is 4.56. The summed E-state index contributed by atoms with van der Waals surface area (Å²) >= 11 is 5.68. The fourth-order valence-corrected chi connectivity index (χ4v) is 2.11. The van der Waals surface area contributed by atoms with Crippen LogP contribution in [0.3, 0.4) is 0 Å². The van der Waals surface area contributed by atoms with E-state index in [0.29, 0.717) is 0 Å². The Bertz CT molecular complexity index is 568. The molecule has 1 N–H and O–H groups in total. The zero-order valence-corrected chi connectivity index (χ0v) is 11.8. The van der Waals surface area contributed by atoms with Gasteiger partial charge in [0, 0.05) is 12.6 Å². The highest BCUT2D eigenvalue weighted by atomic mass is 35.5. The summed E-state index contributed by atoms with van der Waals surface area (Å²) in [5.74, 6) is -0.372. The Hall–Kier alpha value is -1.38. The molecular formula is C16H17ClFN. The van der Waals surface area contributed by atoms with E-state index in [1.165, 1.54) is 17.2 Å². The SMILES string of the molecule is Cc1cccc(CNC(C)c2ccc(Cl)c(F)c2)c1. The highest BCUT2D eigenvalue weighted by Gasteiger charge is 2.08. The molecule has 0 saturated heterocycles. The van der Waals surface area contributed by atoms with Crippen LogP contribution >= 0.6 is 11.6 Å². The monoisotopic (exact) mass is 277 g/mol. The molecule has 2 aromatic rings. The number of benzene rings is 2. The van der Waals surface area contributed by atoms with Crippen LogP contribution in [-0.2, 0) is 6.54 Å². The summed E-state index contributed by atoms with van der Waals surface area (Å²) in [6.07, 6.45) is 0. The van der Waals surface area contributed by atoms with Crippen molar-refractivity contribution in [2.45, 2.75) is 26.4 Å². The van der Waals surface area contributed by atoms with Crippen molar-refractivity contribution in [2.75, 3.05) is 0 Å². The van der Waals surface area contributed by atoms with E-state index < -0.39 is 0 Å². The lowest BCUT2D eigenvalue weighted by molar-refractivity contribution is 0.565. The van der Waals surface area contributed by atoms with Gasteiger partial charge in [0.2, 0.25) is 0 Å². The normalized spacial score (nSPS) is 12.4. The van der Waals surface area contributed by atoms with Gasteiger partial charge in [-0.3, -0.25) is 0 Å². The van der Waals surface area contributed by atoms with Crippen LogP contribution in [0, 0.1) is 12.7 Å². The van der Waals surface area contributed by atoms with E-state index in [2.05, 4.69) is 30.4 Å². The van der Waals surface area contributed by atoms with Crippen molar-refractivity contribution in [3.05, 3.63) is 70.0 Å². The minimum atomic E-state index is -0.372. The second kappa shape index (κ2) is 6.18. The zero-order chi connectivity index (χ0) is 13.8. The van der Waals surface area contributed by atoms with Crippen LogP contribution in [0.5, 0.6) is 0 Å². The van der Waals surface area contributed by atoms with Crippen molar-refractivity contribution >= 4 is 11.6 Å². The van der Waals surface area contributed by atoms with Crippen LogP contribution in [0.15, 0.2) is 42.5 Å². The number of hydrogen-bond acceptors (Lipinski definition) is 1. The third-order valence-electron chi connectivity index (χ3n) is 3.14. The van der Waals surface area contributed by atoms with Crippen molar-refractivity contribution < 1.29 is 4.39 Å². The Morgan fingerprint density at radius 3 is 2.68 bits per heavy atom. The van der Waals surface area contributed by atoms with Crippen molar-refractivity contribution in [1.29, 1.82) is 0 Å². The summed E-state index contributed by atoms with van der Waals surface area (Å²) in [5, 5.41) is 3.54. The summed E-state index contributed by atoms with van der Waals surface area (Å²) in [5.41, 5.74) is 3.36. The molecule has 0 bridgehead atoms. The molecule has 0 heterocycles. The van der Waals surface area contributed by atoms with Crippen LogP contribution in [-0.4, -0.2) is 0 Å². The first-order valence-electron chi connectivity index (χ1n) is 6.30. The van der Waals surface area contributed by atoms with E-state index in [4.69, 9.17) is 11.6 Å². The smallest absolute Gasteiger partial charge is 0.142 e. The lowest BCUT2D eigenvalue weighted by Crippen LogP contribution is -2.18. The maximum atomic E-state index is 13.4. The number of hydrogen-bond donors (Lipinski definition) is 1. The van der Waals surface area contributed by atoms with Gasteiger partial charge < -0.3 is 5.32 Å². The Morgan fingerprint density at radius 2 is 2.00 bits per heavy atom. The first-order valence-corrected chi connectivity index (χ1v) is 6.68. The Balaban J connectivity index is 2.01. The molecule has 0 fully saturated rings. The van der Waals surface area contributed by atoms with E-state index in [0.717, 1.165) is 12.1 Å². The van der Waals surface area contributed by atoms with E-state index in [1.807, 2.05) is 19.1 Å². The van der Waals surface area contributed by atoms with Crippen molar-refractivity contribution in [3.63, 3.8) is 0 Å². The Labute approximate surface area is 118 Å². The van der Waals surface area contributed by atoms with Gasteiger partial charge in [-0.05, 0) is 37.1 Å². The number of aryl methyl sites for hydroxylation is 1. The number of halogens is 2. The predicted octanol–water partition coefficient (Wildman–Crippen LogP) is 4.64. The van der Waals surface area contributed by atoms with Crippen molar-refractivity contribution in [1.82, 2.24) is 5.32 Å². The molecule has 19 heavy (non-hydrogen) atoms.